The van der Waals surface area contributed by atoms with Crippen molar-refractivity contribution in [1.29, 1.82) is 0 Å². The molecule has 67 heavy (non-hydrogen) atoms. The van der Waals surface area contributed by atoms with E-state index in [0.29, 0.717) is 23.9 Å². The average Bonchev–Trinajstić information content (AvgIpc) is 3.29. The molecule has 0 aromatic carbocycles. The van der Waals surface area contributed by atoms with Gasteiger partial charge in [-0.25, -0.2) is 4.57 Å². The van der Waals surface area contributed by atoms with E-state index in [9.17, 15) is 19.4 Å². The number of hydrogen-bond acceptors (Lipinski definition) is 5. The fourth-order valence-corrected chi connectivity index (χ4v) is 8.61. The highest BCUT2D eigenvalue weighted by Crippen LogP contribution is 2.43. The number of nitrogens with zero attached hydrogens (tertiary/aromatic N) is 1. The van der Waals surface area contributed by atoms with Gasteiger partial charge in [0, 0.05) is 6.42 Å². The lowest BCUT2D eigenvalue weighted by molar-refractivity contribution is -0.870. The SMILES string of the molecule is CC/C=C\C/C=C\C/C=C\C/C=C\C/C=C\C/C=C\CCCCCCCCCCC(=O)NC(COP(=O)(O)OCC[N+](C)(C)C)C(O)CCCCCCCCCCCCCCCCCCCC. The van der Waals surface area contributed by atoms with Crippen LogP contribution in [0.2, 0.25) is 0 Å². The monoisotopic (exact) mass is 960 g/mol. The van der Waals surface area contributed by atoms with Crippen molar-refractivity contribution in [2.75, 3.05) is 40.9 Å². The normalized spacial score (nSPS) is 14.6. The van der Waals surface area contributed by atoms with Crippen molar-refractivity contribution in [3.8, 4) is 0 Å². The number of phosphoric acid groups is 1. The Bertz CT molecular complexity index is 1320. The molecule has 0 saturated carbocycles. The van der Waals surface area contributed by atoms with Gasteiger partial charge in [0.25, 0.3) is 0 Å². The Morgan fingerprint density at radius 3 is 1.31 bits per heavy atom. The zero-order chi connectivity index (χ0) is 49.2. The molecule has 0 aliphatic heterocycles. The molecule has 8 nitrogen and oxygen atoms in total. The third-order valence-electron chi connectivity index (χ3n) is 12.2. The first-order valence-corrected chi connectivity index (χ1v) is 29.3. The minimum Gasteiger partial charge on any atom is -0.391 e. The van der Waals surface area contributed by atoms with Crippen LogP contribution in [0.4, 0.5) is 0 Å². The van der Waals surface area contributed by atoms with E-state index in [1.165, 1.54) is 128 Å². The third kappa shape index (κ3) is 51.6. The van der Waals surface area contributed by atoms with Gasteiger partial charge in [0.1, 0.15) is 13.2 Å². The molecular formula is C58H108N2O6P+. The van der Waals surface area contributed by atoms with Crippen LogP contribution in [0, 0.1) is 0 Å². The molecular weight excluding hydrogens is 852 g/mol. The number of nitrogens with one attached hydrogen (secondary N) is 1. The van der Waals surface area contributed by atoms with Gasteiger partial charge in [0.05, 0.1) is 39.9 Å². The van der Waals surface area contributed by atoms with E-state index in [1.54, 1.807) is 0 Å². The van der Waals surface area contributed by atoms with Gasteiger partial charge in [0.2, 0.25) is 5.91 Å². The lowest BCUT2D eigenvalue weighted by atomic mass is 10.0. The molecule has 0 aliphatic rings. The van der Waals surface area contributed by atoms with Crippen LogP contribution >= 0.6 is 7.82 Å². The van der Waals surface area contributed by atoms with Crippen LogP contribution < -0.4 is 5.32 Å². The highest BCUT2D eigenvalue weighted by Gasteiger charge is 2.28. The van der Waals surface area contributed by atoms with Gasteiger partial charge in [-0.2, -0.15) is 0 Å². The van der Waals surface area contributed by atoms with Crippen LogP contribution in [-0.4, -0.2) is 73.4 Å². The Labute approximate surface area is 414 Å². The summed E-state index contributed by atoms with van der Waals surface area (Å²) in [7, 11) is 1.60. The van der Waals surface area contributed by atoms with E-state index in [2.05, 4.69) is 92.1 Å². The molecule has 0 fully saturated rings. The fourth-order valence-electron chi connectivity index (χ4n) is 7.87. The smallest absolute Gasteiger partial charge is 0.391 e. The second-order valence-electron chi connectivity index (χ2n) is 19.9. The maximum Gasteiger partial charge on any atom is 0.472 e. The zero-order valence-electron chi connectivity index (χ0n) is 44.4. The van der Waals surface area contributed by atoms with Crippen LogP contribution in [-0.2, 0) is 18.4 Å². The topological polar surface area (TPSA) is 105 Å². The predicted molar refractivity (Wildman–Crippen MR) is 290 cm³/mol. The van der Waals surface area contributed by atoms with E-state index >= 15 is 0 Å². The molecule has 0 spiro atoms. The van der Waals surface area contributed by atoms with E-state index in [-0.39, 0.29) is 19.1 Å². The fraction of sp³-hybridized carbons (Fsp3) is 0.776. The number of aliphatic hydroxyl groups excluding tert-OH is 1. The summed E-state index contributed by atoms with van der Waals surface area (Å²) in [6.45, 7) is 4.78. The van der Waals surface area contributed by atoms with Gasteiger partial charge >= 0.3 is 7.82 Å². The number of unbranched alkanes of at least 4 members (excludes halogenated alkanes) is 25. The van der Waals surface area contributed by atoms with Crippen LogP contribution in [0.5, 0.6) is 0 Å². The lowest BCUT2D eigenvalue weighted by Crippen LogP contribution is -2.46. The first-order valence-electron chi connectivity index (χ1n) is 27.8. The largest absolute Gasteiger partial charge is 0.472 e. The van der Waals surface area contributed by atoms with Gasteiger partial charge in [-0.15, -0.1) is 0 Å². The summed E-state index contributed by atoms with van der Waals surface area (Å²) in [5.41, 5.74) is 0. The standard InChI is InChI=1S/C58H107N2O6P/c1-6-8-10-12-14-16-18-20-22-24-26-27-28-29-30-31-32-33-34-36-38-40-42-44-46-48-50-52-58(62)59-56(55-66-67(63,64)65-54-53-60(3,4)5)57(61)51-49-47-45-43-41-39-37-35-25-23-21-19-17-15-13-11-9-7-2/h8,10,14,16,20,22,26-27,29-30,32-33,56-57,61H,6-7,9,11-13,15,17-19,21,23-25,28,31,34-55H2,1-5H3,(H-,59,62,63,64)/p+1/b10-8-,16-14-,22-20-,27-26-,30-29-,33-32-. The Kier molecular flexibility index (Phi) is 47.4. The van der Waals surface area contributed by atoms with Crippen molar-refractivity contribution in [2.24, 2.45) is 0 Å². The molecule has 0 rings (SSSR count). The van der Waals surface area contributed by atoms with Crippen LogP contribution in [0.15, 0.2) is 72.9 Å². The zero-order valence-corrected chi connectivity index (χ0v) is 45.3. The average molecular weight is 960 g/mol. The highest BCUT2D eigenvalue weighted by atomic mass is 31.2. The van der Waals surface area contributed by atoms with E-state index < -0.39 is 20.0 Å². The summed E-state index contributed by atoms with van der Waals surface area (Å²) in [5, 5.41) is 14.1. The van der Waals surface area contributed by atoms with Crippen molar-refractivity contribution in [1.82, 2.24) is 5.32 Å². The highest BCUT2D eigenvalue weighted by molar-refractivity contribution is 7.47. The summed E-state index contributed by atoms with van der Waals surface area (Å²) in [6.07, 6.45) is 66.6. The molecule has 3 unspecified atom stereocenters. The number of rotatable bonds is 50. The maximum atomic E-state index is 13.0. The number of aliphatic hydroxyl groups is 1. The first kappa shape index (κ1) is 64.9. The quantitative estimate of drug-likeness (QED) is 0.0243. The number of phosphoric ester groups is 1. The maximum absolute atomic E-state index is 13.0. The summed E-state index contributed by atoms with van der Waals surface area (Å²) < 4.78 is 23.8. The van der Waals surface area contributed by atoms with Gasteiger partial charge in [-0.3, -0.25) is 13.8 Å². The van der Waals surface area contributed by atoms with Crippen LogP contribution in [0.25, 0.3) is 0 Å². The number of quaternary nitrogens is 1. The molecule has 0 radical (unpaired) electrons. The second kappa shape index (κ2) is 48.9. The number of allylic oxidation sites excluding steroid dienone is 12. The van der Waals surface area contributed by atoms with Gasteiger partial charge in [-0.1, -0.05) is 241 Å². The molecule has 9 heteroatoms. The predicted octanol–water partition coefficient (Wildman–Crippen LogP) is 16.7. The molecule has 390 valence electrons. The number of carbonyl (C=O) groups excluding carboxylic acids is 1. The van der Waals surface area contributed by atoms with E-state index in [0.717, 1.165) is 83.5 Å². The molecule has 1 amide bonds. The van der Waals surface area contributed by atoms with Gasteiger partial charge in [0.15, 0.2) is 0 Å². The van der Waals surface area contributed by atoms with Gasteiger partial charge < -0.3 is 19.8 Å². The van der Waals surface area contributed by atoms with Crippen molar-refractivity contribution < 1.29 is 32.9 Å². The second-order valence-corrected chi connectivity index (χ2v) is 21.4. The minimum atomic E-state index is -4.33. The summed E-state index contributed by atoms with van der Waals surface area (Å²) in [6, 6.07) is -0.770. The molecule has 0 aliphatic carbocycles. The van der Waals surface area contributed by atoms with E-state index in [4.69, 9.17) is 9.05 Å². The van der Waals surface area contributed by atoms with Crippen molar-refractivity contribution >= 4 is 13.7 Å². The first-order chi connectivity index (χ1) is 32.5. The number of amides is 1. The number of hydrogen-bond donors (Lipinski definition) is 3. The molecule has 0 heterocycles. The molecule has 0 aromatic heterocycles. The van der Waals surface area contributed by atoms with Crippen LogP contribution in [0.3, 0.4) is 0 Å². The van der Waals surface area contributed by atoms with E-state index in [1.807, 2.05) is 21.1 Å². The van der Waals surface area contributed by atoms with Crippen LogP contribution in [0.1, 0.15) is 239 Å². The summed E-state index contributed by atoms with van der Waals surface area (Å²) >= 11 is 0. The minimum absolute atomic E-state index is 0.0699. The Balaban J connectivity index is 4.23. The molecule has 0 bridgehead atoms. The molecule has 0 aromatic rings. The Hall–Kier alpha value is -2.06. The molecule has 3 N–H and O–H groups in total. The van der Waals surface area contributed by atoms with Gasteiger partial charge in [-0.05, 0) is 64.2 Å². The summed E-state index contributed by atoms with van der Waals surface area (Å²) in [4.78, 5) is 23.3. The molecule has 3 atom stereocenters. The molecule has 0 saturated heterocycles. The van der Waals surface area contributed by atoms with Crippen molar-refractivity contribution in [2.45, 2.75) is 251 Å². The Morgan fingerprint density at radius 2 is 0.896 bits per heavy atom. The van der Waals surface area contributed by atoms with Crippen molar-refractivity contribution in [3.63, 3.8) is 0 Å². The third-order valence-corrected chi connectivity index (χ3v) is 13.2. The lowest BCUT2D eigenvalue weighted by Gasteiger charge is -2.26. The van der Waals surface area contributed by atoms with Crippen molar-refractivity contribution in [3.05, 3.63) is 72.9 Å². The number of carbonyl (C=O) groups is 1. The number of likely N-dealkylation sites (N-methyl/N-ethyl adjacent to an activating group) is 1. The summed E-state index contributed by atoms with van der Waals surface area (Å²) in [5.74, 6) is -0.154. The Morgan fingerprint density at radius 1 is 0.522 bits per heavy atom.